The zero-order chi connectivity index (χ0) is 19.3. The van der Waals surface area contributed by atoms with E-state index in [9.17, 15) is 4.79 Å². The van der Waals surface area contributed by atoms with E-state index in [1.54, 1.807) is 0 Å². The summed E-state index contributed by atoms with van der Waals surface area (Å²) in [5.74, 6) is -0.106. The molecule has 0 atom stereocenters. The van der Waals surface area contributed by atoms with Crippen molar-refractivity contribution in [3.8, 4) is 0 Å². The predicted molar refractivity (Wildman–Crippen MR) is 115 cm³/mol. The molecule has 0 aliphatic carbocycles. The molecule has 0 unspecified atom stereocenters. The van der Waals surface area contributed by atoms with Gasteiger partial charge in [-0.1, -0.05) is 84.4 Å². The summed E-state index contributed by atoms with van der Waals surface area (Å²) >= 11 is 6.34. The van der Waals surface area contributed by atoms with Gasteiger partial charge >= 0.3 is 0 Å². The van der Waals surface area contributed by atoms with Gasteiger partial charge in [-0.15, -0.1) is 0 Å². The van der Waals surface area contributed by atoms with E-state index in [4.69, 9.17) is 11.6 Å². The molecule has 28 heavy (non-hydrogen) atoms. The second-order valence-electron chi connectivity index (χ2n) is 7.02. The fourth-order valence-electron chi connectivity index (χ4n) is 3.83. The van der Waals surface area contributed by atoms with Gasteiger partial charge in [-0.25, -0.2) is 0 Å². The summed E-state index contributed by atoms with van der Waals surface area (Å²) in [6, 6.07) is 28.0. The Bertz CT molecular complexity index is 882. The average Bonchev–Trinajstić information content (AvgIpc) is 2.76. The van der Waals surface area contributed by atoms with E-state index in [-0.39, 0.29) is 11.8 Å². The number of carbonyl (C=O) groups excluding carboxylic acids is 1. The fourth-order valence-corrected chi connectivity index (χ4v) is 4.08. The van der Waals surface area contributed by atoms with Crippen LogP contribution in [0, 0.1) is 0 Å². The van der Waals surface area contributed by atoms with Crippen molar-refractivity contribution in [3.63, 3.8) is 0 Å². The Morgan fingerprint density at radius 3 is 1.75 bits per heavy atom. The Hall–Kier alpha value is -2.78. The van der Waals surface area contributed by atoms with Crippen LogP contribution in [0.4, 0.5) is 5.69 Å². The molecular weight excluding hydrogens is 368 g/mol. The maximum Gasteiger partial charge on any atom is 0.234 e. The normalized spacial score (nSPS) is 14.4. The van der Waals surface area contributed by atoms with Crippen LogP contribution in [-0.2, 0) is 4.79 Å². The van der Waals surface area contributed by atoms with Gasteiger partial charge in [0.15, 0.2) is 0 Å². The minimum atomic E-state index is -0.269. The Labute approximate surface area is 171 Å². The van der Waals surface area contributed by atoms with Crippen molar-refractivity contribution in [2.45, 2.75) is 5.92 Å². The number of hydrogen-bond acceptors (Lipinski definition) is 2. The number of anilines is 1. The van der Waals surface area contributed by atoms with E-state index in [1.807, 2.05) is 89.8 Å². The standard InChI is InChI=1S/C24H23ClN2O/c25-21-13-7-8-14-22(21)26-15-17-27(18-16-26)24(28)23(19-9-3-1-4-10-19)20-11-5-2-6-12-20/h1-14,23H,15-18H2. The lowest BCUT2D eigenvalue weighted by molar-refractivity contribution is -0.132. The number of amides is 1. The highest BCUT2D eigenvalue weighted by molar-refractivity contribution is 6.33. The van der Waals surface area contributed by atoms with Gasteiger partial charge < -0.3 is 9.80 Å². The molecule has 1 aliphatic heterocycles. The Morgan fingerprint density at radius 2 is 1.21 bits per heavy atom. The van der Waals surface area contributed by atoms with Crippen LogP contribution in [0.1, 0.15) is 17.0 Å². The molecular formula is C24H23ClN2O. The lowest BCUT2D eigenvalue weighted by Crippen LogP contribution is -2.50. The fraction of sp³-hybridized carbons (Fsp3) is 0.208. The first-order chi connectivity index (χ1) is 13.7. The Morgan fingerprint density at radius 1 is 0.714 bits per heavy atom. The molecule has 1 aliphatic rings. The minimum Gasteiger partial charge on any atom is -0.367 e. The van der Waals surface area contributed by atoms with Crippen LogP contribution in [0.5, 0.6) is 0 Å². The lowest BCUT2D eigenvalue weighted by Gasteiger charge is -2.38. The van der Waals surface area contributed by atoms with E-state index < -0.39 is 0 Å². The summed E-state index contributed by atoms with van der Waals surface area (Å²) in [5, 5.41) is 0.758. The number of halogens is 1. The lowest BCUT2D eigenvalue weighted by atomic mass is 9.90. The number of carbonyl (C=O) groups is 1. The largest absolute Gasteiger partial charge is 0.367 e. The van der Waals surface area contributed by atoms with Crippen molar-refractivity contribution in [1.82, 2.24) is 4.90 Å². The van der Waals surface area contributed by atoms with Gasteiger partial charge in [0.05, 0.1) is 16.6 Å². The maximum atomic E-state index is 13.5. The third-order valence-electron chi connectivity index (χ3n) is 5.30. The van der Waals surface area contributed by atoms with Crippen molar-refractivity contribution in [2.24, 2.45) is 0 Å². The van der Waals surface area contributed by atoms with E-state index in [2.05, 4.69) is 4.90 Å². The van der Waals surface area contributed by atoms with E-state index >= 15 is 0 Å². The molecule has 0 radical (unpaired) electrons. The molecule has 4 heteroatoms. The van der Waals surface area contributed by atoms with Crippen LogP contribution in [0.3, 0.4) is 0 Å². The first-order valence-electron chi connectivity index (χ1n) is 9.62. The van der Waals surface area contributed by atoms with Crippen LogP contribution in [0.15, 0.2) is 84.9 Å². The third-order valence-corrected chi connectivity index (χ3v) is 5.62. The quantitative estimate of drug-likeness (QED) is 0.637. The number of para-hydroxylation sites is 1. The molecule has 3 aromatic carbocycles. The highest BCUT2D eigenvalue weighted by Crippen LogP contribution is 2.29. The van der Waals surface area contributed by atoms with Crippen molar-refractivity contribution in [2.75, 3.05) is 31.1 Å². The number of nitrogens with zero attached hydrogens (tertiary/aromatic N) is 2. The van der Waals surface area contributed by atoms with Crippen molar-refractivity contribution in [3.05, 3.63) is 101 Å². The molecule has 1 heterocycles. The zero-order valence-corrected chi connectivity index (χ0v) is 16.4. The zero-order valence-electron chi connectivity index (χ0n) is 15.7. The van der Waals surface area contributed by atoms with Crippen LogP contribution < -0.4 is 4.90 Å². The first-order valence-corrected chi connectivity index (χ1v) is 10.00. The van der Waals surface area contributed by atoms with E-state index in [1.165, 1.54) is 0 Å². The van der Waals surface area contributed by atoms with Crippen LogP contribution >= 0.6 is 11.6 Å². The summed E-state index contributed by atoms with van der Waals surface area (Å²) in [4.78, 5) is 17.7. The second-order valence-corrected chi connectivity index (χ2v) is 7.43. The van der Waals surface area contributed by atoms with Crippen LogP contribution in [-0.4, -0.2) is 37.0 Å². The van der Waals surface area contributed by atoms with Crippen molar-refractivity contribution >= 4 is 23.2 Å². The van der Waals surface area contributed by atoms with Crippen molar-refractivity contribution in [1.29, 1.82) is 0 Å². The minimum absolute atomic E-state index is 0.163. The highest BCUT2D eigenvalue weighted by atomic mass is 35.5. The van der Waals surface area contributed by atoms with Gasteiger partial charge in [-0.05, 0) is 23.3 Å². The predicted octanol–water partition coefficient (Wildman–Crippen LogP) is 4.82. The molecule has 4 rings (SSSR count). The highest BCUT2D eigenvalue weighted by Gasteiger charge is 2.30. The number of piperazine rings is 1. The smallest absolute Gasteiger partial charge is 0.234 e. The number of rotatable bonds is 4. The van der Waals surface area contributed by atoms with Crippen molar-refractivity contribution < 1.29 is 4.79 Å². The van der Waals surface area contributed by atoms with Gasteiger partial charge in [0, 0.05) is 26.2 Å². The molecule has 1 fully saturated rings. The third kappa shape index (κ3) is 3.90. The molecule has 1 saturated heterocycles. The molecule has 0 saturated carbocycles. The molecule has 0 spiro atoms. The van der Waals surface area contributed by atoms with Gasteiger partial charge in [0.2, 0.25) is 5.91 Å². The summed E-state index contributed by atoms with van der Waals surface area (Å²) in [5.41, 5.74) is 3.11. The Kier molecular flexibility index (Phi) is 5.63. The topological polar surface area (TPSA) is 23.6 Å². The molecule has 0 N–H and O–H groups in total. The maximum absolute atomic E-state index is 13.5. The molecule has 0 aromatic heterocycles. The van der Waals surface area contributed by atoms with E-state index in [0.717, 1.165) is 34.9 Å². The summed E-state index contributed by atoms with van der Waals surface area (Å²) in [7, 11) is 0. The SMILES string of the molecule is O=C(C(c1ccccc1)c1ccccc1)N1CCN(c2ccccc2Cl)CC1. The van der Waals surface area contributed by atoms with Gasteiger partial charge in [-0.3, -0.25) is 4.79 Å². The summed E-state index contributed by atoms with van der Waals surface area (Å²) in [6.07, 6.45) is 0. The van der Waals surface area contributed by atoms with E-state index in [0.29, 0.717) is 13.1 Å². The Balaban J connectivity index is 1.53. The summed E-state index contributed by atoms with van der Waals surface area (Å²) in [6.45, 7) is 2.96. The van der Waals surface area contributed by atoms with Gasteiger partial charge in [0.1, 0.15) is 0 Å². The first kappa shape index (κ1) is 18.6. The van der Waals surface area contributed by atoms with Crippen LogP contribution in [0.25, 0.3) is 0 Å². The second kappa shape index (κ2) is 8.49. The summed E-state index contributed by atoms with van der Waals surface area (Å²) < 4.78 is 0. The monoisotopic (exact) mass is 390 g/mol. The van der Waals surface area contributed by atoms with Gasteiger partial charge in [-0.2, -0.15) is 0 Å². The molecule has 142 valence electrons. The molecule has 3 aromatic rings. The average molecular weight is 391 g/mol. The molecule has 1 amide bonds. The number of hydrogen-bond donors (Lipinski definition) is 0. The molecule has 0 bridgehead atoms. The van der Waals surface area contributed by atoms with Crippen LogP contribution in [0.2, 0.25) is 5.02 Å². The number of benzene rings is 3. The van der Waals surface area contributed by atoms with Gasteiger partial charge in [0.25, 0.3) is 0 Å². The molecule has 3 nitrogen and oxygen atoms in total.